The highest BCUT2D eigenvalue weighted by Gasteiger charge is 2.19. The summed E-state index contributed by atoms with van der Waals surface area (Å²) in [4.78, 5) is 6.53. The standard InChI is InChI=1S/C17H25N3O2/c1-5-13-7-9-14(10-8-13)16-18-15(22-19-16)11-20(6-2)12-17(3,4)21/h7-10,21H,5-6,11-12H2,1-4H3. The van der Waals surface area contributed by atoms with Gasteiger partial charge in [-0.25, -0.2) is 0 Å². The molecule has 5 nitrogen and oxygen atoms in total. The number of aryl methyl sites for hydroxylation is 1. The van der Waals surface area contributed by atoms with E-state index in [0.717, 1.165) is 18.5 Å². The highest BCUT2D eigenvalue weighted by atomic mass is 16.5. The molecule has 0 spiro atoms. The fraction of sp³-hybridized carbons (Fsp3) is 0.529. The maximum absolute atomic E-state index is 9.92. The molecule has 0 aliphatic carbocycles. The van der Waals surface area contributed by atoms with Gasteiger partial charge in [-0.15, -0.1) is 0 Å². The van der Waals surface area contributed by atoms with Gasteiger partial charge >= 0.3 is 0 Å². The van der Waals surface area contributed by atoms with Gasteiger partial charge in [-0.1, -0.05) is 43.3 Å². The first kappa shape index (κ1) is 16.6. The molecule has 0 fully saturated rings. The van der Waals surface area contributed by atoms with Crippen molar-refractivity contribution in [3.8, 4) is 11.4 Å². The largest absolute Gasteiger partial charge is 0.389 e. The third-order valence-corrected chi connectivity index (χ3v) is 3.51. The van der Waals surface area contributed by atoms with E-state index < -0.39 is 5.60 Å². The van der Waals surface area contributed by atoms with Crippen LogP contribution in [-0.4, -0.2) is 38.8 Å². The van der Waals surface area contributed by atoms with Gasteiger partial charge in [-0.2, -0.15) is 4.98 Å². The molecule has 0 bridgehead atoms. The summed E-state index contributed by atoms with van der Waals surface area (Å²) in [7, 11) is 0. The number of hydrogen-bond acceptors (Lipinski definition) is 5. The first-order chi connectivity index (χ1) is 10.4. The summed E-state index contributed by atoms with van der Waals surface area (Å²) < 4.78 is 5.34. The lowest BCUT2D eigenvalue weighted by atomic mass is 10.1. The van der Waals surface area contributed by atoms with Crippen molar-refractivity contribution in [2.45, 2.75) is 46.3 Å². The van der Waals surface area contributed by atoms with Crippen molar-refractivity contribution < 1.29 is 9.63 Å². The highest BCUT2D eigenvalue weighted by molar-refractivity contribution is 5.54. The van der Waals surface area contributed by atoms with Crippen LogP contribution in [0, 0.1) is 0 Å². The average molecular weight is 303 g/mol. The fourth-order valence-electron chi connectivity index (χ4n) is 2.34. The van der Waals surface area contributed by atoms with E-state index in [1.54, 1.807) is 13.8 Å². The van der Waals surface area contributed by atoms with Gasteiger partial charge in [-0.3, -0.25) is 4.90 Å². The quantitative estimate of drug-likeness (QED) is 0.852. The van der Waals surface area contributed by atoms with Crippen LogP contribution < -0.4 is 0 Å². The average Bonchev–Trinajstić information content (AvgIpc) is 2.93. The van der Waals surface area contributed by atoms with E-state index in [0.29, 0.717) is 24.8 Å². The first-order valence-electron chi connectivity index (χ1n) is 7.78. The van der Waals surface area contributed by atoms with Crippen molar-refractivity contribution in [1.29, 1.82) is 0 Å². The fourth-order valence-corrected chi connectivity index (χ4v) is 2.34. The Bertz CT molecular complexity index is 585. The molecule has 1 N–H and O–H groups in total. The van der Waals surface area contributed by atoms with E-state index in [1.165, 1.54) is 5.56 Å². The Morgan fingerprint density at radius 1 is 1.18 bits per heavy atom. The third-order valence-electron chi connectivity index (χ3n) is 3.51. The van der Waals surface area contributed by atoms with Crippen LogP contribution in [0.5, 0.6) is 0 Å². The smallest absolute Gasteiger partial charge is 0.241 e. The molecular weight excluding hydrogens is 278 g/mol. The molecule has 0 atom stereocenters. The molecule has 0 saturated heterocycles. The van der Waals surface area contributed by atoms with Crippen LogP contribution in [0.1, 0.15) is 39.1 Å². The molecule has 0 unspecified atom stereocenters. The summed E-state index contributed by atoms with van der Waals surface area (Å²) in [5, 5.41) is 14.0. The molecule has 0 radical (unpaired) electrons. The van der Waals surface area contributed by atoms with E-state index in [9.17, 15) is 5.11 Å². The summed E-state index contributed by atoms with van der Waals surface area (Å²) in [6.45, 7) is 9.68. The molecule has 1 heterocycles. The van der Waals surface area contributed by atoms with Gasteiger partial charge in [0.25, 0.3) is 0 Å². The minimum atomic E-state index is -0.741. The number of nitrogens with zero attached hydrogens (tertiary/aromatic N) is 3. The van der Waals surface area contributed by atoms with E-state index in [1.807, 2.05) is 19.1 Å². The third kappa shape index (κ3) is 4.64. The molecule has 0 amide bonds. The summed E-state index contributed by atoms with van der Waals surface area (Å²) in [5.41, 5.74) is 1.50. The van der Waals surface area contributed by atoms with Crippen LogP contribution in [-0.2, 0) is 13.0 Å². The van der Waals surface area contributed by atoms with Crippen molar-refractivity contribution in [2.24, 2.45) is 0 Å². The van der Waals surface area contributed by atoms with Gasteiger partial charge in [0.1, 0.15) is 0 Å². The second kappa shape index (κ2) is 7.03. The second-order valence-corrected chi connectivity index (χ2v) is 6.18. The predicted molar refractivity (Wildman–Crippen MR) is 86.4 cm³/mol. The van der Waals surface area contributed by atoms with Gasteiger partial charge in [0.2, 0.25) is 11.7 Å². The van der Waals surface area contributed by atoms with Crippen LogP contribution in [0.15, 0.2) is 28.8 Å². The number of aromatic nitrogens is 2. The molecule has 0 aliphatic heterocycles. The normalized spacial score (nSPS) is 12.1. The first-order valence-corrected chi connectivity index (χ1v) is 7.78. The second-order valence-electron chi connectivity index (χ2n) is 6.18. The Kier molecular flexibility index (Phi) is 5.32. The Labute approximate surface area is 132 Å². The van der Waals surface area contributed by atoms with Crippen LogP contribution in [0.4, 0.5) is 0 Å². The molecule has 0 saturated carbocycles. The zero-order valence-electron chi connectivity index (χ0n) is 13.8. The summed E-state index contributed by atoms with van der Waals surface area (Å²) in [6.07, 6.45) is 1.01. The SMILES string of the molecule is CCc1ccc(-c2noc(CN(CC)CC(C)(C)O)n2)cc1. The highest BCUT2D eigenvalue weighted by Crippen LogP contribution is 2.18. The van der Waals surface area contributed by atoms with Gasteiger partial charge in [-0.05, 0) is 32.4 Å². The molecule has 2 rings (SSSR count). The topological polar surface area (TPSA) is 62.4 Å². The number of benzene rings is 1. The van der Waals surface area contributed by atoms with Crippen molar-refractivity contribution >= 4 is 0 Å². The lowest BCUT2D eigenvalue weighted by Crippen LogP contribution is -2.38. The number of rotatable bonds is 7. The van der Waals surface area contributed by atoms with Crippen LogP contribution in [0.2, 0.25) is 0 Å². The van der Waals surface area contributed by atoms with Crippen molar-refractivity contribution in [3.63, 3.8) is 0 Å². The molecular formula is C17H25N3O2. The predicted octanol–water partition coefficient (Wildman–Crippen LogP) is 2.89. The molecule has 2 aromatic rings. The molecule has 5 heteroatoms. The Balaban J connectivity index is 2.06. The maximum Gasteiger partial charge on any atom is 0.241 e. The number of likely N-dealkylation sites (N-methyl/N-ethyl adjacent to an activating group) is 1. The Morgan fingerprint density at radius 3 is 2.41 bits per heavy atom. The summed E-state index contributed by atoms with van der Waals surface area (Å²) in [6, 6.07) is 8.19. The number of aliphatic hydroxyl groups is 1. The van der Waals surface area contributed by atoms with E-state index in [-0.39, 0.29) is 0 Å². The van der Waals surface area contributed by atoms with E-state index in [2.05, 4.69) is 34.1 Å². The zero-order valence-corrected chi connectivity index (χ0v) is 13.8. The van der Waals surface area contributed by atoms with Gasteiger partial charge in [0.05, 0.1) is 12.1 Å². The lowest BCUT2D eigenvalue weighted by molar-refractivity contribution is 0.0322. The van der Waals surface area contributed by atoms with Crippen molar-refractivity contribution in [1.82, 2.24) is 15.0 Å². The molecule has 22 heavy (non-hydrogen) atoms. The maximum atomic E-state index is 9.92. The van der Waals surface area contributed by atoms with Gasteiger partial charge < -0.3 is 9.63 Å². The molecule has 120 valence electrons. The zero-order chi connectivity index (χ0) is 16.2. The lowest BCUT2D eigenvalue weighted by Gasteiger charge is -2.26. The molecule has 0 aliphatic rings. The van der Waals surface area contributed by atoms with Gasteiger partial charge in [0.15, 0.2) is 0 Å². The minimum absolute atomic E-state index is 0.542. The summed E-state index contributed by atoms with van der Waals surface area (Å²) in [5.74, 6) is 1.18. The van der Waals surface area contributed by atoms with E-state index >= 15 is 0 Å². The Hall–Kier alpha value is -1.72. The number of hydrogen-bond donors (Lipinski definition) is 1. The van der Waals surface area contributed by atoms with Crippen molar-refractivity contribution in [2.75, 3.05) is 13.1 Å². The monoisotopic (exact) mass is 303 g/mol. The summed E-state index contributed by atoms with van der Waals surface area (Å²) >= 11 is 0. The van der Waals surface area contributed by atoms with Crippen LogP contribution >= 0.6 is 0 Å². The van der Waals surface area contributed by atoms with E-state index in [4.69, 9.17) is 4.52 Å². The minimum Gasteiger partial charge on any atom is -0.389 e. The molecule has 1 aromatic heterocycles. The molecule has 1 aromatic carbocycles. The Morgan fingerprint density at radius 2 is 1.86 bits per heavy atom. The van der Waals surface area contributed by atoms with Crippen LogP contribution in [0.3, 0.4) is 0 Å². The van der Waals surface area contributed by atoms with Gasteiger partial charge in [0, 0.05) is 12.1 Å². The van der Waals surface area contributed by atoms with Crippen molar-refractivity contribution in [3.05, 3.63) is 35.7 Å². The van der Waals surface area contributed by atoms with Crippen LogP contribution in [0.25, 0.3) is 11.4 Å².